The summed E-state index contributed by atoms with van der Waals surface area (Å²) in [5.41, 5.74) is -0.862. The molecule has 0 aliphatic carbocycles. The Kier molecular flexibility index (Phi) is 15.9. The second kappa shape index (κ2) is 22.7. The molecule has 0 amide bonds. The molecular weight excluding hydrogens is 1030 g/mol. The fourth-order valence-electron chi connectivity index (χ4n) is 9.44. The Labute approximate surface area is 446 Å². The van der Waals surface area contributed by atoms with Gasteiger partial charge in [-0.3, -0.25) is 0 Å². The van der Waals surface area contributed by atoms with E-state index in [0.29, 0.717) is 47.4 Å². The van der Waals surface area contributed by atoms with E-state index in [9.17, 15) is 0 Å². The molecule has 3 aromatic heterocycles. The minimum atomic E-state index is -5.28. The molecule has 8 aromatic rings. The van der Waals surface area contributed by atoms with Crippen LogP contribution in [0.1, 0.15) is 51.9 Å². The van der Waals surface area contributed by atoms with E-state index in [2.05, 4.69) is 9.88 Å². The molecule has 0 fully saturated rings. The standard InChI is InChI=1S/C57H53ClF5N7O5S/c1-33-46(57(61,62)63)44(49(60)52(48(33)59)68(29-35-10-18-39(71-3)19-11-35)30-36-12-20-40(72-4)21-13-36)50-47(58)51-45-54(67-56(66-51)76-7)70(27-28-75-55(45)65-50)34(2)43-9-8-26-64-53(43)69(31-37-14-22-41(73-5)23-15-37)32-38-16-24-42(74-6)25-17-38/h8-26,34H,27-32H2,1-7H3/t34-/m1/s1. The molecule has 9 rings (SSSR count). The van der Waals surface area contributed by atoms with E-state index in [1.54, 1.807) is 75.2 Å². The Hall–Kier alpha value is -7.57. The largest absolute Gasteiger partial charge is 0.497 e. The summed E-state index contributed by atoms with van der Waals surface area (Å²) in [6, 6.07) is 32.6. The van der Waals surface area contributed by atoms with E-state index < -0.39 is 56.9 Å². The lowest BCUT2D eigenvalue weighted by Crippen LogP contribution is -2.33. The number of benzene rings is 5. The van der Waals surface area contributed by atoms with Gasteiger partial charge in [0, 0.05) is 37.9 Å². The van der Waals surface area contributed by atoms with Crippen molar-refractivity contribution in [3.05, 3.63) is 171 Å². The lowest BCUT2D eigenvalue weighted by Gasteiger charge is -2.33. The molecule has 0 bridgehead atoms. The van der Waals surface area contributed by atoms with Crippen LogP contribution in [0.4, 0.5) is 39.3 Å². The summed E-state index contributed by atoms with van der Waals surface area (Å²) in [5.74, 6) is 0.433. The third-order valence-corrected chi connectivity index (χ3v) is 14.2. The van der Waals surface area contributed by atoms with Crippen molar-refractivity contribution in [1.29, 1.82) is 0 Å². The zero-order valence-corrected chi connectivity index (χ0v) is 44.2. The molecule has 0 saturated carbocycles. The third kappa shape index (κ3) is 10.9. The molecule has 0 N–H and O–H groups in total. The normalized spacial score (nSPS) is 12.7. The van der Waals surface area contributed by atoms with Crippen LogP contribution in [-0.4, -0.2) is 67.8 Å². The van der Waals surface area contributed by atoms with Gasteiger partial charge >= 0.3 is 6.18 Å². The van der Waals surface area contributed by atoms with Crippen molar-refractivity contribution in [2.45, 2.75) is 57.4 Å². The molecule has 0 unspecified atom stereocenters. The Balaban J connectivity index is 1.19. The highest BCUT2D eigenvalue weighted by molar-refractivity contribution is 7.98. The van der Waals surface area contributed by atoms with Crippen molar-refractivity contribution in [1.82, 2.24) is 19.9 Å². The van der Waals surface area contributed by atoms with Gasteiger partial charge in [-0.25, -0.2) is 28.7 Å². The maximum absolute atomic E-state index is 18.0. The number of nitrogens with zero attached hydrogens (tertiary/aromatic N) is 7. The van der Waals surface area contributed by atoms with Crippen LogP contribution in [0.5, 0.6) is 28.9 Å². The van der Waals surface area contributed by atoms with Gasteiger partial charge in [0.2, 0.25) is 5.88 Å². The van der Waals surface area contributed by atoms with E-state index in [1.807, 2.05) is 72.5 Å². The first-order valence-electron chi connectivity index (χ1n) is 24.0. The number of pyridine rings is 2. The van der Waals surface area contributed by atoms with Gasteiger partial charge < -0.3 is 38.4 Å². The summed E-state index contributed by atoms with van der Waals surface area (Å²) in [7, 11) is 6.24. The van der Waals surface area contributed by atoms with E-state index in [4.69, 9.17) is 50.2 Å². The zero-order chi connectivity index (χ0) is 53.8. The quantitative estimate of drug-likeness (QED) is 0.0463. The minimum absolute atomic E-state index is 0.0325. The highest BCUT2D eigenvalue weighted by Crippen LogP contribution is 2.51. The van der Waals surface area contributed by atoms with E-state index >= 15 is 22.0 Å². The lowest BCUT2D eigenvalue weighted by atomic mass is 9.94. The van der Waals surface area contributed by atoms with Gasteiger partial charge in [-0.05, 0) is 103 Å². The molecule has 0 radical (unpaired) electrons. The second-order valence-corrected chi connectivity index (χ2v) is 19.1. The van der Waals surface area contributed by atoms with Crippen LogP contribution in [0.2, 0.25) is 5.02 Å². The highest BCUT2D eigenvalue weighted by atomic mass is 35.5. The maximum atomic E-state index is 18.0. The third-order valence-electron chi connectivity index (χ3n) is 13.3. The molecule has 394 valence electrons. The molecule has 19 heteroatoms. The van der Waals surface area contributed by atoms with Gasteiger partial charge in [0.05, 0.1) is 62.9 Å². The van der Waals surface area contributed by atoms with Gasteiger partial charge in [0.25, 0.3) is 0 Å². The Bertz CT molecular complexity index is 3260. The Morgan fingerprint density at radius 3 is 1.64 bits per heavy atom. The first-order chi connectivity index (χ1) is 36.6. The van der Waals surface area contributed by atoms with Crippen LogP contribution in [0.25, 0.3) is 22.2 Å². The summed E-state index contributed by atoms with van der Waals surface area (Å²) < 4.78 is 110. The number of anilines is 3. The number of hydrogen-bond acceptors (Lipinski definition) is 13. The highest BCUT2D eigenvalue weighted by Gasteiger charge is 2.43. The van der Waals surface area contributed by atoms with Gasteiger partial charge in [0.15, 0.2) is 16.8 Å². The molecular formula is C57H53ClF5N7O5S. The molecule has 76 heavy (non-hydrogen) atoms. The lowest BCUT2D eigenvalue weighted by molar-refractivity contribution is -0.137. The number of hydrogen-bond donors (Lipinski definition) is 0. The predicted octanol–water partition coefficient (Wildman–Crippen LogP) is 13.5. The van der Waals surface area contributed by atoms with Crippen LogP contribution < -0.4 is 38.4 Å². The number of ether oxygens (including phenoxy) is 5. The smallest absolute Gasteiger partial charge is 0.417 e. The van der Waals surface area contributed by atoms with Gasteiger partial charge in [0.1, 0.15) is 57.8 Å². The van der Waals surface area contributed by atoms with Gasteiger partial charge in [-0.1, -0.05) is 78.0 Å². The molecule has 5 aromatic carbocycles. The topological polar surface area (TPSA) is 107 Å². The van der Waals surface area contributed by atoms with E-state index in [0.717, 1.165) is 35.1 Å². The van der Waals surface area contributed by atoms with Crippen LogP contribution in [0.15, 0.2) is 121 Å². The van der Waals surface area contributed by atoms with E-state index in [1.165, 1.54) is 30.9 Å². The first-order valence-corrected chi connectivity index (χ1v) is 25.6. The number of rotatable bonds is 18. The Morgan fingerprint density at radius 2 is 1.18 bits per heavy atom. The van der Waals surface area contributed by atoms with E-state index in [-0.39, 0.29) is 48.2 Å². The van der Waals surface area contributed by atoms with Crippen molar-refractivity contribution in [3.63, 3.8) is 0 Å². The van der Waals surface area contributed by atoms with Crippen LogP contribution in [-0.2, 0) is 32.4 Å². The fraction of sp³-hybridized carbons (Fsp3) is 0.263. The van der Waals surface area contributed by atoms with Gasteiger partial charge in [-0.2, -0.15) is 13.2 Å². The Morgan fingerprint density at radius 1 is 0.697 bits per heavy atom. The average molecular weight is 1080 g/mol. The predicted molar refractivity (Wildman–Crippen MR) is 286 cm³/mol. The number of thioether (sulfide) groups is 1. The van der Waals surface area contributed by atoms with Crippen LogP contribution in [0, 0.1) is 18.6 Å². The summed E-state index contributed by atoms with van der Waals surface area (Å²) in [6.07, 6.45) is -1.80. The van der Waals surface area contributed by atoms with Crippen LogP contribution in [0.3, 0.4) is 0 Å². The van der Waals surface area contributed by atoms with Crippen molar-refractivity contribution in [2.24, 2.45) is 0 Å². The van der Waals surface area contributed by atoms with Crippen LogP contribution >= 0.6 is 23.4 Å². The van der Waals surface area contributed by atoms with Gasteiger partial charge in [-0.15, -0.1) is 0 Å². The van der Waals surface area contributed by atoms with Crippen molar-refractivity contribution >= 4 is 51.6 Å². The summed E-state index contributed by atoms with van der Waals surface area (Å²) >= 11 is 8.47. The number of halogens is 6. The fourth-order valence-corrected chi connectivity index (χ4v) is 10.1. The van der Waals surface area contributed by atoms with Crippen molar-refractivity contribution in [3.8, 4) is 40.1 Å². The molecule has 1 aliphatic rings. The maximum Gasteiger partial charge on any atom is 0.417 e. The molecule has 0 spiro atoms. The average Bonchev–Trinajstić information content (AvgIpc) is 3.62. The summed E-state index contributed by atoms with van der Waals surface area (Å²) in [5, 5.41) is 0.000804. The number of alkyl halides is 3. The number of methoxy groups -OCH3 is 4. The second-order valence-electron chi connectivity index (χ2n) is 17.9. The first kappa shape index (κ1) is 53.3. The number of aromatic nitrogens is 4. The summed E-state index contributed by atoms with van der Waals surface area (Å²) in [4.78, 5) is 24.9. The molecule has 12 nitrogen and oxygen atoms in total. The monoisotopic (exact) mass is 1080 g/mol. The molecule has 4 heterocycles. The zero-order valence-electron chi connectivity index (χ0n) is 42.6. The molecule has 0 saturated heterocycles. The molecule has 1 aliphatic heterocycles. The van der Waals surface area contributed by atoms with Crippen molar-refractivity contribution in [2.75, 3.05) is 62.5 Å². The SMILES string of the molecule is COc1ccc(CN(Cc2ccc(OC)cc2)c2ncccc2[C@@H](C)N2CCOc3nc(-c4c(F)c(N(Cc5ccc(OC)cc5)Cc5ccc(OC)cc5)c(F)c(C)c4C(F)(F)F)c(Cl)c4nc(SC)nc2c34)cc1. The molecule has 1 atom stereocenters. The van der Waals surface area contributed by atoms with Crippen molar-refractivity contribution < 1.29 is 45.6 Å². The minimum Gasteiger partial charge on any atom is -0.497 e. The summed E-state index contributed by atoms with van der Waals surface area (Å²) in [6.45, 7) is 3.84.